The van der Waals surface area contributed by atoms with Crippen LogP contribution >= 0.6 is 11.8 Å². The monoisotopic (exact) mass is 360 g/mol. The highest BCUT2D eigenvalue weighted by Gasteiger charge is 2.27. The minimum Gasteiger partial charge on any atom is -0.462 e. The fourth-order valence-electron chi connectivity index (χ4n) is 1.80. The number of hydrogen-bond acceptors (Lipinski definition) is 7. The van der Waals surface area contributed by atoms with Crippen molar-refractivity contribution in [2.75, 3.05) is 19.4 Å². The molecular formula is C17H20N4O3S. The van der Waals surface area contributed by atoms with E-state index in [1.54, 1.807) is 34.7 Å². The quantitative estimate of drug-likeness (QED) is 0.566. The van der Waals surface area contributed by atoms with Gasteiger partial charge in [0.2, 0.25) is 5.91 Å². The van der Waals surface area contributed by atoms with E-state index in [2.05, 4.69) is 11.1 Å². The number of carbonyl (C=O) groups excluding carboxylic acids is 2. The largest absolute Gasteiger partial charge is 0.462 e. The lowest BCUT2D eigenvalue weighted by Gasteiger charge is -2.29. The molecule has 1 aromatic heterocycles. The maximum absolute atomic E-state index is 12.2. The molecule has 8 heteroatoms. The summed E-state index contributed by atoms with van der Waals surface area (Å²) in [6, 6.07) is 5.47. The number of nitriles is 2. The van der Waals surface area contributed by atoms with Gasteiger partial charge in [-0.3, -0.25) is 4.79 Å². The van der Waals surface area contributed by atoms with Gasteiger partial charge in [0.15, 0.2) is 0 Å². The fraction of sp³-hybridized carbons (Fsp3) is 0.471. The number of pyridine rings is 1. The molecule has 132 valence electrons. The van der Waals surface area contributed by atoms with Gasteiger partial charge in [0, 0.05) is 7.05 Å². The van der Waals surface area contributed by atoms with Crippen LogP contribution in [0.4, 0.5) is 0 Å². The first kappa shape index (κ1) is 20.5. The Labute approximate surface area is 151 Å². The van der Waals surface area contributed by atoms with Crippen molar-refractivity contribution in [3.63, 3.8) is 0 Å². The zero-order chi connectivity index (χ0) is 19.2. The van der Waals surface area contributed by atoms with Crippen LogP contribution in [0.5, 0.6) is 0 Å². The van der Waals surface area contributed by atoms with Gasteiger partial charge in [-0.25, -0.2) is 9.78 Å². The second kappa shape index (κ2) is 8.50. The van der Waals surface area contributed by atoms with Crippen LogP contribution in [0.25, 0.3) is 0 Å². The molecule has 0 aromatic carbocycles. The molecule has 7 nitrogen and oxygen atoms in total. The Morgan fingerprint density at radius 3 is 2.56 bits per heavy atom. The van der Waals surface area contributed by atoms with Crippen molar-refractivity contribution in [3.05, 3.63) is 22.9 Å². The van der Waals surface area contributed by atoms with Crippen LogP contribution in [-0.2, 0) is 9.53 Å². The summed E-state index contributed by atoms with van der Waals surface area (Å²) in [5.74, 6) is -0.761. The number of rotatable bonds is 6. The molecule has 0 aliphatic rings. The van der Waals surface area contributed by atoms with Crippen LogP contribution in [0.3, 0.4) is 0 Å². The number of ether oxygens (including phenoxy) is 1. The van der Waals surface area contributed by atoms with Gasteiger partial charge in [-0.05, 0) is 33.8 Å². The van der Waals surface area contributed by atoms with E-state index in [-0.39, 0.29) is 29.4 Å². The van der Waals surface area contributed by atoms with Crippen molar-refractivity contribution in [2.45, 2.75) is 38.3 Å². The van der Waals surface area contributed by atoms with E-state index in [1.165, 1.54) is 11.0 Å². The van der Waals surface area contributed by atoms with Crippen LogP contribution in [0.15, 0.2) is 11.1 Å². The second-order valence-corrected chi connectivity index (χ2v) is 6.68. The van der Waals surface area contributed by atoms with Gasteiger partial charge in [0.05, 0.1) is 35.2 Å². The van der Waals surface area contributed by atoms with Crippen LogP contribution in [0.2, 0.25) is 0 Å². The number of carbonyl (C=O) groups is 2. The van der Waals surface area contributed by atoms with Gasteiger partial charge in [-0.1, -0.05) is 11.8 Å². The van der Waals surface area contributed by atoms with Gasteiger partial charge in [-0.2, -0.15) is 10.5 Å². The molecule has 0 radical (unpaired) electrons. The smallest absolute Gasteiger partial charge is 0.340 e. The summed E-state index contributed by atoms with van der Waals surface area (Å²) in [6.45, 7) is 6.86. The predicted molar refractivity (Wildman–Crippen MR) is 92.8 cm³/mol. The van der Waals surface area contributed by atoms with Gasteiger partial charge in [0.1, 0.15) is 16.6 Å². The van der Waals surface area contributed by atoms with Crippen LogP contribution in [0.1, 0.15) is 42.4 Å². The van der Waals surface area contributed by atoms with E-state index >= 15 is 0 Å². The summed E-state index contributed by atoms with van der Waals surface area (Å²) in [7, 11) is 1.56. The standard InChI is InChI=1S/C17H20N4O3S/c1-6-24-16(23)13-7-12(8-18)15(20-11(13)2)25-9-14(22)21(5)17(3,4)10-19/h7H,6,9H2,1-5H3. The minimum absolute atomic E-state index is 0.0292. The molecule has 1 amide bonds. The Bertz CT molecular complexity index is 762. The van der Waals surface area contributed by atoms with Crippen molar-refractivity contribution in [1.29, 1.82) is 10.5 Å². The SMILES string of the molecule is CCOC(=O)c1cc(C#N)c(SCC(=O)N(C)C(C)(C)C#N)nc1C. The summed E-state index contributed by atoms with van der Waals surface area (Å²) < 4.78 is 4.94. The normalized spacial score (nSPS) is 10.5. The molecule has 1 rings (SSSR count). The van der Waals surface area contributed by atoms with Gasteiger partial charge < -0.3 is 9.64 Å². The Balaban J connectivity index is 2.99. The molecule has 0 aliphatic carbocycles. The van der Waals surface area contributed by atoms with Crippen molar-refractivity contribution >= 4 is 23.6 Å². The van der Waals surface area contributed by atoms with Gasteiger partial charge in [0.25, 0.3) is 0 Å². The second-order valence-electron chi connectivity index (χ2n) is 5.72. The zero-order valence-corrected chi connectivity index (χ0v) is 15.7. The van der Waals surface area contributed by atoms with E-state index in [0.29, 0.717) is 10.7 Å². The summed E-state index contributed by atoms with van der Waals surface area (Å²) in [4.78, 5) is 29.7. The van der Waals surface area contributed by atoms with E-state index in [0.717, 1.165) is 11.8 Å². The van der Waals surface area contributed by atoms with Crippen LogP contribution < -0.4 is 0 Å². The highest BCUT2D eigenvalue weighted by molar-refractivity contribution is 8.00. The number of amides is 1. The molecular weight excluding hydrogens is 340 g/mol. The molecule has 0 N–H and O–H groups in total. The highest BCUT2D eigenvalue weighted by atomic mass is 32.2. The first-order chi connectivity index (χ1) is 11.7. The third-order valence-corrected chi connectivity index (χ3v) is 4.59. The third kappa shape index (κ3) is 4.94. The zero-order valence-electron chi connectivity index (χ0n) is 14.9. The first-order valence-corrected chi connectivity index (χ1v) is 8.56. The van der Waals surface area contributed by atoms with Gasteiger partial charge in [-0.15, -0.1) is 0 Å². The average molecular weight is 360 g/mol. The van der Waals surface area contributed by atoms with E-state index < -0.39 is 11.5 Å². The Morgan fingerprint density at radius 2 is 2.04 bits per heavy atom. The molecule has 0 fully saturated rings. The first-order valence-electron chi connectivity index (χ1n) is 7.57. The maximum Gasteiger partial charge on any atom is 0.340 e. The number of hydrogen-bond donors (Lipinski definition) is 0. The number of aryl methyl sites for hydroxylation is 1. The van der Waals surface area contributed by atoms with Crippen molar-refractivity contribution in [2.24, 2.45) is 0 Å². The fourth-order valence-corrected chi connectivity index (χ4v) is 2.72. The van der Waals surface area contributed by atoms with Crippen LogP contribution in [-0.4, -0.2) is 46.7 Å². The van der Waals surface area contributed by atoms with E-state index in [1.807, 2.05) is 6.07 Å². The van der Waals surface area contributed by atoms with Crippen molar-refractivity contribution in [3.8, 4) is 12.1 Å². The van der Waals surface area contributed by atoms with Crippen LogP contribution in [0, 0.1) is 29.6 Å². The molecule has 0 bridgehead atoms. The molecule has 0 unspecified atom stereocenters. The number of esters is 1. The summed E-state index contributed by atoms with van der Waals surface area (Å²) in [5, 5.41) is 18.8. The lowest BCUT2D eigenvalue weighted by atomic mass is 10.1. The summed E-state index contributed by atoms with van der Waals surface area (Å²) in [5.41, 5.74) is -0.0594. The Kier molecular flexibility index (Phi) is 6.96. The van der Waals surface area contributed by atoms with Gasteiger partial charge >= 0.3 is 5.97 Å². The lowest BCUT2D eigenvalue weighted by Crippen LogP contribution is -2.44. The Hall–Kier alpha value is -2.58. The average Bonchev–Trinajstić information content (AvgIpc) is 2.58. The summed E-state index contributed by atoms with van der Waals surface area (Å²) >= 11 is 1.10. The number of aromatic nitrogens is 1. The Morgan fingerprint density at radius 1 is 1.40 bits per heavy atom. The van der Waals surface area contributed by atoms with Crippen molar-refractivity contribution < 1.29 is 14.3 Å². The molecule has 0 saturated heterocycles. The highest BCUT2D eigenvalue weighted by Crippen LogP contribution is 2.24. The lowest BCUT2D eigenvalue weighted by molar-refractivity contribution is -0.130. The van der Waals surface area contributed by atoms with Crippen molar-refractivity contribution in [1.82, 2.24) is 9.88 Å². The van der Waals surface area contributed by atoms with E-state index in [9.17, 15) is 14.9 Å². The molecule has 1 aromatic rings. The predicted octanol–water partition coefficient (Wildman–Crippen LogP) is 2.29. The number of thioether (sulfide) groups is 1. The molecule has 0 spiro atoms. The molecule has 1 heterocycles. The minimum atomic E-state index is -0.924. The number of nitrogens with zero attached hydrogens (tertiary/aromatic N) is 4. The maximum atomic E-state index is 12.2. The molecule has 25 heavy (non-hydrogen) atoms. The molecule has 0 atom stereocenters. The topological polar surface area (TPSA) is 107 Å². The molecule has 0 saturated carbocycles. The summed E-state index contributed by atoms with van der Waals surface area (Å²) in [6.07, 6.45) is 0. The molecule has 0 aliphatic heterocycles. The third-order valence-electron chi connectivity index (χ3n) is 3.61. The van der Waals surface area contributed by atoms with E-state index in [4.69, 9.17) is 10.00 Å².